The van der Waals surface area contributed by atoms with Gasteiger partial charge in [-0.1, -0.05) is 0 Å². The standard InChI is InChI=1S/C20H19F2NO2/c1-11-6-16-15(9-20(24)25-19(16)7-12(11)2)10-23-13(3)14-4-5-17(21)18(22)8-14/h4-9,13,23H,10H2,1-3H3/p+1/t13-/m1/s1. The molecule has 3 aromatic rings. The van der Waals surface area contributed by atoms with Crippen molar-refractivity contribution in [1.82, 2.24) is 0 Å². The van der Waals surface area contributed by atoms with Crippen LogP contribution in [0.2, 0.25) is 0 Å². The number of hydrogen-bond acceptors (Lipinski definition) is 2. The molecule has 5 heteroatoms. The summed E-state index contributed by atoms with van der Waals surface area (Å²) in [5.74, 6) is -1.71. The smallest absolute Gasteiger partial charge is 0.336 e. The Morgan fingerprint density at radius 2 is 1.76 bits per heavy atom. The van der Waals surface area contributed by atoms with E-state index in [1.54, 1.807) is 6.07 Å². The molecular weight excluding hydrogens is 324 g/mol. The maximum absolute atomic E-state index is 13.4. The molecule has 0 bridgehead atoms. The molecule has 2 N–H and O–H groups in total. The molecule has 0 unspecified atom stereocenters. The molecule has 0 radical (unpaired) electrons. The summed E-state index contributed by atoms with van der Waals surface area (Å²) in [6, 6.07) is 9.21. The molecule has 0 aliphatic rings. The van der Waals surface area contributed by atoms with E-state index in [0.717, 1.165) is 28.1 Å². The lowest BCUT2D eigenvalue weighted by Gasteiger charge is -2.13. The molecule has 0 saturated carbocycles. The van der Waals surface area contributed by atoms with Crippen molar-refractivity contribution in [2.75, 3.05) is 0 Å². The van der Waals surface area contributed by atoms with Gasteiger partial charge in [0.05, 0.1) is 0 Å². The number of nitrogens with two attached hydrogens (primary N) is 1. The summed E-state index contributed by atoms with van der Waals surface area (Å²) in [5.41, 5.74) is 3.92. The highest BCUT2D eigenvalue weighted by Gasteiger charge is 2.14. The Hall–Kier alpha value is -2.53. The Morgan fingerprint density at radius 1 is 1.04 bits per heavy atom. The fraction of sp³-hybridized carbons (Fsp3) is 0.250. The van der Waals surface area contributed by atoms with Crippen LogP contribution >= 0.6 is 0 Å². The Kier molecular flexibility index (Phi) is 4.68. The summed E-state index contributed by atoms with van der Waals surface area (Å²) < 4.78 is 31.8. The van der Waals surface area contributed by atoms with E-state index in [1.165, 1.54) is 12.1 Å². The van der Waals surface area contributed by atoms with Crippen LogP contribution in [0.25, 0.3) is 11.0 Å². The summed E-state index contributed by atoms with van der Waals surface area (Å²) in [6.45, 7) is 6.43. The van der Waals surface area contributed by atoms with E-state index in [2.05, 4.69) is 0 Å². The highest BCUT2D eigenvalue weighted by Crippen LogP contribution is 2.21. The molecule has 25 heavy (non-hydrogen) atoms. The van der Waals surface area contributed by atoms with Gasteiger partial charge in [0.2, 0.25) is 0 Å². The molecule has 130 valence electrons. The van der Waals surface area contributed by atoms with Gasteiger partial charge in [-0.2, -0.15) is 0 Å². The lowest BCUT2D eigenvalue weighted by molar-refractivity contribution is -0.707. The molecule has 3 nitrogen and oxygen atoms in total. The van der Waals surface area contributed by atoms with Gasteiger partial charge in [-0.3, -0.25) is 0 Å². The zero-order valence-corrected chi connectivity index (χ0v) is 14.4. The van der Waals surface area contributed by atoms with Gasteiger partial charge >= 0.3 is 5.63 Å². The van der Waals surface area contributed by atoms with E-state index >= 15 is 0 Å². The minimum Gasteiger partial charge on any atom is -0.423 e. The van der Waals surface area contributed by atoms with Gasteiger partial charge in [0.25, 0.3) is 0 Å². The number of benzene rings is 2. The van der Waals surface area contributed by atoms with E-state index in [0.29, 0.717) is 17.7 Å². The SMILES string of the molecule is Cc1cc2oc(=O)cc(C[NH2+][C@H](C)c3ccc(F)c(F)c3)c2cc1C. The summed E-state index contributed by atoms with van der Waals surface area (Å²) >= 11 is 0. The number of rotatable bonds is 4. The molecule has 1 heterocycles. The number of quaternary nitrogens is 1. The second-order valence-corrected chi connectivity index (χ2v) is 6.43. The first-order valence-corrected chi connectivity index (χ1v) is 8.17. The topological polar surface area (TPSA) is 46.8 Å². The Labute approximate surface area is 144 Å². The zero-order chi connectivity index (χ0) is 18.1. The van der Waals surface area contributed by atoms with Crippen molar-refractivity contribution in [3.05, 3.63) is 80.7 Å². The van der Waals surface area contributed by atoms with Crippen molar-refractivity contribution in [2.24, 2.45) is 0 Å². The first-order valence-electron chi connectivity index (χ1n) is 8.17. The van der Waals surface area contributed by atoms with Gasteiger partial charge in [-0.25, -0.2) is 13.6 Å². The first kappa shape index (κ1) is 17.3. The van der Waals surface area contributed by atoms with Crippen molar-refractivity contribution >= 4 is 11.0 Å². The maximum atomic E-state index is 13.4. The van der Waals surface area contributed by atoms with Crippen LogP contribution in [-0.4, -0.2) is 0 Å². The monoisotopic (exact) mass is 344 g/mol. The Bertz CT molecular complexity index is 995. The van der Waals surface area contributed by atoms with E-state index in [4.69, 9.17) is 4.42 Å². The third-order valence-electron chi connectivity index (χ3n) is 4.61. The second-order valence-electron chi connectivity index (χ2n) is 6.43. The molecule has 3 rings (SSSR count). The third kappa shape index (κ3) is 3.61. The zero-order valence-electron chi connectivity index (χ0n) is 14.4. The van der Waals surface area contributed by atoms with Crippen molar-refractivity contribution in [1.29, 1.82) is 0 Å². The van der Waals surface area contributed by atoms with Gasteiger partial charge in [0.15, 0.2) is 11.6 Å². The fourth-order valence-corrected chi connectivity index (χ4v) is 2.89. The molecule has 2 aromatic carbocycles. The number of hydrogen-bond donors (Lipinski definition) is 1. The Balaban J connectivity index is 1.88. The summed E-state index contributed by atoms with van der Waals surface area (Å²) in [5, 5.41) is 2.88. The van der Waals surface area contributed by atoms with Crippen LogP contribution < -0.4 is 10.9 Å². The summed E-state index contributed by atoms with van der Waals surface area (Å²) in [4.78, 5) is 11.8. The molecule has 1 aromatic heterocycles. The van der Waals surface area contributed by atoms with Gasteiger partial charge in [-0.15, -0.1) is 0 Å². The lowest BCUT2D eigenvalue weighted by atomic mass is 10.0. The molecule has 0 amide bonds. The molecule has 0 aliphatic carbocycles. The van der Waals surface area contributed by atoms with Crippen LogP contribution in [-0.2, 0) is 6.54 Å². The minimum atomic E-state index is -0.853. The van der Waals surface area contributed by atoms with Crippen molar-refractivity contribution in [3.63, 3.8) is 0 Å². The predicted molar refractivity (Wildman–Crippen MR) is 92.4 cm³/mol. The molecule has 0 aliphatic heterocycles. The van der Waals surface area contributed by atoms with E-state index in [1.807, 2.05) is 38.2 Å². The number of aryl methyl sites for hydroxylation is 2. The van der Waals surface area contributed by atoms with Gasteiger partial charge in [0, 0.05) is 22.6 Å². The molecule has 0 fully saturated rings. The number of halogens is 2. The average Bonchev–Trinajstić information content (AvgIpc) is 2.56. The van der Waals surface area contributed by atoms with Crippen molar-refractivity contribution in [2.45, 2.75) is 33.4 Å². The first-order chi connectivity index (χ1) is 11.8. The molecular formula is C20H20F2NO2+. The van der Waals surface area contributed by atoms with Crippen LogP contribution in [0.1, 0.15) is 35.2 Å². The Morgan fingerprint density at radius 3 is 2.48 bits per heavy atom. The van der Waals surface area contributed by atoms with Crippen LogP contribution in [0.3, 0.4) is 0 Å². The summed E-state index contributed by atoms with van der Waals surface area (Å²) in [6.07, 6.45) is 0. The van der Waals surface area contributed by atoms with Crippen LogP contribution in [0, 0.1) is 25.5 Å². The van der Waals surface area contributed by atoms with Crippen molar-refractivity contribution in [3.8, 4) is 0 Å². The average molecular weight is 344 g/mol. The van der Waals surface area contributed by atoms with Crippen LogP contribution in [0.15, 0.2) is 45.6 Å². The van der Waals surface area contributed by atoms with E-state index in [-0.39, 0.29) is 11.7 Å². The second kappa shape index (κ2) is 6.76. The van der Waals surface area contributed by atoms with Gasteiger partial charge in [0.1, 0.15) is 18.2 Å². The maximum Gasteiger partial charge on any atom is 0.336 e. The van der Waals surface area contributed by atoms with E-state index < -0.39 is 11.6 Å². The van der Waals surface area contributed by atoms with Crippen LogP contribution in [0.4, 0.5) is 8.78 Å². The van der Waals surface area contributed by atoms with E-state index in [9.17, 15) is 13.6 Å². The van der Waals surface area contributed by atoms with Gasteiger partial charge in [-0.05, 0) is 62.2 Å². The molecule has 1 atom stereocenters. The van der Waals surface area contributed by atoms with Gasteiger partial charge < -0.3 is 9.73 Å². The minimum absolute atomic E-state index is 0.0797. The fourth-order valence-electron chi connectivity index (χ4n) is 2.89. The lowest BCUT2D eigenvalue weighted by Crippen LogP contribution is -2.83. The largest absolute Gasteiger partial charge is 0.423 e. The summed E-state index contributed by atoms with van der Waals surface area (Å²) in [7, 11) is 0. The number of fused-ring (bicyclic) bond motifs is 1. The third-order valence-corrected chi connectivity index (χ3v) is 4.61. The van der Waals surface area contributed by atoms with Crippen molar-refractivity contribution < 1.29 is 18.5 Å². The highest BCUT2D eigenvalue weighted by atomic mass is 19.2. The highest BCUT2D eigenvalue weighted by molar-refractivity contribution is 5.81. The normalized spacial score (nSPS) is 12.5. The van der Waals surface area contributed by atoms with Crippen LogP contribution in [0.5, 0.6) is 0 Å². The quantitative estimate of drug-likeness (QED) is 0.736. The predicted octanol–water partition coefficient (Wildman–Crippen LogP) is 3.51. The molecule has 0 saturated heterocycles. The molecule has 0 spiro atoms.